The van der Waals surface area contributed by atoms with E-state index in [9.17, 15) is 13.2 Å². The number of H-pyrrole nitrogens is 1. The van der Waals surface area contributed by atoms with Crippen molar-refractivity contribution in [3.8, 4) is 22.0 Å². The summed E-state index contributed by atoms with van der Waals surface area (Å²) in [6.07, 6.45) is -0.796. The van der Waals surface area contributed by atoms with Crippen LogP contribution in [-0.2, 0) is 6.18 Å². The van der Waals surface area contributed by atoms with Gasteiger partial charge in [0.05, 0.1) is 5.69 Å². The van der Waals surface area contributed by atoms with Crippen LogP contribution in [0.2, 0.25) is 0 Å². The Labute approximate surface area is 148 Å². The Morgan fingerprint density at radius 1 is 1.15 bits per heavy atom. The Kier molecular flexibility index (Phi) is 3.76. The third-order valence-corrected chi connectivity index (χ3v) is 4.46. The molecule has 4 aromatic heterocycles. The van der Waals surface area contributed by atoms with Gasteiger partial charge in [-0.2, -0.15) is 13.2 Å². The fourth-order valence-corrected chi connectivity index (χ4v) is 3.14. The van der Waals surface area contributed by atoms with Gasteiger partial charge in [0.25, 0.3) is 0 Å². The number of nitrogens with zero attached hydrogens (tertiary/aromatic N) is 5. The van der Waals surface area contributed by atoms with Crippen LogP contribution in [0.5, 0.6) is 0 Å². The summed E-state index contributed by atoms with van der Waals surface area (Å²) in [5.41, 5.74) is 0.109. The number of pyridine rings is 1. The molecule has 4 rings (SSSR count). The molecule has 130 valence electrons. The van der Waals surface area contributed by atoms with Crippen molar-refractivity contribution in [2.75, 3.05) is 0 Å². The van der Waals surface area contributed by atoms with E-state index in [0.29, 0.717) is 22.9 Å². The number of fused-ring (bicyclic) bond motifs is 1. The third-order valence-electron chi connectivity index (χ3n) is 3.67. The molecule has 0 fully saturated rings. The molecule has 4 heterocycles. The molecule has 1 N–H and O–H groups in total. The van der Waals surface area contributed by atoms with E-state index in [4.69, 9.17) is 0 Å². The highest BCUT2D eigenvalue weighted by molar-refractivity contribution is 7.13. The molecule has 6 nitrogen and oxygen atoms in total. The second-order valence-corrected chi connectivity index (χ2v) is 6.11. The molecule has 0 spiro atoms. The van der Waals surface area contributed by atoms with Crippen LogP contribution in [0.3, 0.4) is 0 Å². The van der Waals surface area contributed by atoms with Gasteiger partial charge in [0.2, 0.25) is 5.95 Å². The van der Waals surface area contributed by atoms with Crippen LogP contribution in [0.15, 0.2) is 41.1 Å². The average molecular weight is 374 g/mol. The summed E-state index contributed by atoms with van der Waals surface area (Å²) in [5.74, 6) is -0.130. The first kappa shape index (κ1) is 16.3. The average Bonchev–Trinajstić information content (AvgIpc) is 3.29. The third kappa shape index (κ3) is 2.73. The number of halogens is 3. The predicted molar refractivity (Wildman–Crippen MR) is 92.4 cm³/mol. The summed E-state index contributed by atoms with van der Waals surface area (Å²) in [4.78, 5) is 22.5. The van der Waals surface area contributed by atoms with Crippen molar-refractivity contribution in [2.45, 2.75) is 6.18 Å². The Hall–Kier alpha value is -3.14. The van der Waals surface area contributed by atoms with Crippen LogP contribution in [0, 0.1) is 0 Å². The molecular weight excluding hydrogens is 365 g/mol. The van der Waals surface area contributed by atoms with Crippen molar-refractivity contribution in [2.24, 2.45) is 4.99 Å². The summed E-state index contributed by atoms with van der Waals surface area (Å²) in [6, 6.07) is 3.40. The number of alkyl halides is 3. The van der Waals surface area contributed by atoms with E-state index in [-0.39, 0.29) is 17.2 Å². The number of rotatable bonds is 3. The molecule has 0 saturated carbocycles. The van der Waals surface area contributed by atoms with Gasteiger partial charge in [0.1, 0.15) is 21.9 Å². The molecule has 0 radical (unpaired) electrons. The van der Waals surface area contributed by atoms with Crippen molar-refractivity contribution in [3.05, 3.63) is 41.7 Å². The van der Waals surface area contributed by atoms with Crippen LogP contribution in [-0.4, -0.2) is 31.6 Å². The summed E-state index contributed by atoms with van der Waals surface area (Å²) in [6.45, 7) is 3.27. The lowest BCUT2D eigenvalue weighted by Crippen LogP contribution is -2.09. The largest absolute Gasteiger partial charge is 0.419 e. The fourth-order valence-electron chi connectivity index (χ4n) is 2.53. The number of aromatic amines is 1. The highest BCUT2D eigenvalue weighted by Crippen LogP contribution is 2.39. The van der Waals surface area contributed by atoms with Gasteiger partial charge in [0.15, 0.2) is 0 Å². The maximum atomic E-state index is 13.4. The van der Waals surface area contributed by atoms with Gasteiger partial charge in [-0.1, -0.05) is 0 Å². The molecule has 0 unspecified atom stereocenters. The normalized spacial score (nSPS) is 11.8. The van der Waals surface area contributed by atoms with Crippen LogP contribution < -0.4 is 0 Å². The summed E-state index contributed by atoms with van der Waals surface area (Å²) < 4.78 is 40.1. The predicted octanol–water partition coefficient (Wildman–Crippen LogP) is 4.49. The molecule has 26 heavy (non-hydrogen) atoms. The zero-order valence-electron chi connectivity index (χ0n) is 12.9. The summed E-state index contributed by atoms with van der Waals surface area (Å²) in [5, 5.41) is 3.05. The van der Waals surface area contributed by atoms with Crippen molar-refractivity contribution in [3.63, 3.8) is 0 Å². The molecule has 0 aliphatic carbocycles. The van der Waals surface area contributed by atoms with Gasteiger partial charge in [0, 0.05) is 34.9 Å². The van der Waals surface area contributed by atoms with E-state index in [1.165, 1.54) is 17.5 Å². The van der Waals surface area contributed by atoms with Crippen LogP contribution in [0.4, 0.5) is 19.1 Å². The molecular formula is C16H9F3N6S. The molecule has 0 bridgehead atoms. The zero-order valence-corrected chi connectivity index (χ0v) is 13.8. The smallest absolute Gasteiger partial charge is 0.345 e. The number of hydrogen-bond donors (Lipinski definition) is 1. The molecule has 0 aromatic carbocycles. The van der Waals surface area contributed by atoms with Gasteiger partial charge >= 0.3 is 6.18 Å². The first-order valence-electron chi connectivity index (χ1n) is 7.26. The fraction of sp³-hybridized carbons (Fsp3) is 0.0625. The van der Waals surface area contributed by atoms with Gasteiger partial charge in [-0.3, -0.25) is 0 Å². The summed E-state index contributed by atoms with van der Waals surface area (Å²) in [7, 11) is 0. The Balaban J connectivity index is 1.91. The quantitative estimate of drug-likeness (QED) is 0.536. The highest BCUT2D eigenvalue weighted by Gasteiger charge is 2.36. The number of thiazole rings is 1. The summed E-state index contributed by atoms with van der Waals surface area (Å²) >= 11 is 1.42. The minimum atomic E-state index is -4.60. The molecule has 4 aromatic rings. The topological polar surface area (TPSA) is 79.7 Å². The Morgan fingerprint density at radius 3 is 2.69 bits per heavy atom. The van der Waals surface area contributed by atoms with E-state index in [1.807, 2.05) is 5.38 Å². The minimum Gasteiger partial charge on any atom is -0.345 e. The number of aromatic nitrogens is 5. The first-order chi connectivity index (χ1) is 12.5. The first-order valence-corrected chi connectivity index (χ1v) is 8.14. The molecule has 0 saturated heterocycles. The minimum absolute atomic E-state index is 0.130. The number of nitrogens with one attached hydrogen (secondary N) is 1. The van der Waals surface area contributed by atoms with E-state index in [0.717, 1.165) is 5.01 Å². The Bertz CT molecular complexity index is 1100. The second kappa shape index (κ2) is 5.99. The van der Waals surface area contributed by atoms with Crippen molar-refractivity contribution >= 4 is 35.0 Å². The SMILES string of the molecule is C=Nc1ncc(C(F)(F)F)c(-c2c[nH]c3nc(-c4nccs4)ccc23)n1. The van der Waals surface area contributed by atoms with E-state index >= 15 is 0 Å². The van der Waals surface area contributed by atoms with E-state index in [1.54, 1.807) is 18.3 Å². The van der Waals surface area contributed by atoms with Gasteiger partial charge in [-0.05, 0) is 18.9 Å². The second-order valence-electron chi connectivity index (χ2n) is 5.22. The lowest BCUT2D eigenvalue weighted by atomic mass is 10.1. The number of aliphatic imine (C=N–C) groups is 1. The zero-order chi connectivity index (χ0) is 18.3. The van der Waals surface area contributed by atoms with Crippen LogP contribution >= 0.6 is 11.3 Å². The standard InChI is InChI=1S/C16H9F3N6S/c1-20-15-23-7-10(16(17,18)19)12(25-15)9-6-22-13-8(9)2-3-11(24-13)14-21-4-5-26-14/h2-7H,1H2,(H,22,24). The van der Waals surface area contributed by atoms with E-state index in [2.05, 4.69) is 36.6 Å². The van der Waals surface area contributed by atoms with Crippen molar-refractivity contribution in [1.29, 1.82) is 0 Å². The maximum absolute atomic E-state index is 13.4. The van der Waals surface area contributed by atoms with Gasteiger partial charge in [-0.15, -0.1) is 11.3 Å². The lowest BCUT2D eigenvalue weighted by Gasteiger charge is -2.11. The van der Waals surface area contributed by atoms with Gasteiger partial charge in [-0.25, -0.2) is 24.9 Å². The van der Waals surface area contributed by atoms with Crippen molar-refractivity contribution < 1.29 is 13.2 Å². The van der Waals surface area contributed by atoms with Crippen LogP contribution in [0.1, 0.15) is 5.56 Å². The monoisotopic (exact) mass is 374 g/mol. The molecule has 0 aliphatic rings. The van der Waals surface area contributed by atoms with Crippen molar-refractivity contribution in [1.82, 2.24) is 24.9 Å². The molecule has 0 atom stereocenters. The molecule has 0 aliphatic heterocycles. The molecule has 0 amide bonds. The lowest BCUT2D eigenvalue weighted by molar-refractivity contribution is -0.137. The van der Waals surface area contributed by atoms with E-state index < -0.39 is 11.7 Å². The molecule has 10 heteroatoms. The Morgan fingerprint density at radius 2 is 2.00 bits per heavy atom. The van der Waals surface area contributed by atoms with Gasteiger partial charge < -0.3 is 4.98 Å². The number of hydrogen-bond acceptors (Lipinski definition) is 6. The van der Waals surface area contributed by atoms with Crippen LogP contribution in [0.25, 0.3) is 33.0 Å². The maximum Gasteiger partial charge on any atom is 0.419 e. The highest BCUT2D eigenvalue weighted by atomic mass is 32.1.